The van der Waals surface area contributed by atoms with Gasteiger partial charge in [-0.3, -0.25) is 19.4 Å². The van der Waals surface area contributed by atoms with Crippen LogP contribution in [0.4, 0.5) is 5.69 Å². The summed E-state index contributed by atoms with van der Waals surface area (Å²) in [5, 5.41) is 25.6. The summed E-state index contributed by atoms with van der Waals surface area (Å²) in [5.41, 5.74) is 1.33. The molecule has 0 aliphatic heterocycles. The van der Waals surface area contributed by atoms with Gasteiger partial charge in [0.25, 0.3) is 5.91 Å². The van der Waals surface area contributed by atoms with Gasteiger partial charge >= 0.3 is 0 Å². The lowest BCUT2D eigenvalue weighted by molar-refractivity contribution is -0.140. The second kappa shape index (κ2) is 17.0. The zero-order chi connectivity index (χ0) is 28.9. The Bertz CT molecular complexity index is 882. The number of carbonyl (C=O) groups excluding carboxylic acids is 3. The number of aromatic nitrogens is 1. The number of pyridine rings is 1. The molecule has 38 heavy (non-hydrogen) atoms. The summed E-state index contributed by atoms with van der Waals surface area (Å²) in [6, 6.07) is 2.64. The number of thiol groups is 2. The first-order valence-corrected chi connectivity index (χ1v) is 14.2. The van der Waals surface area contributed by atoms with E-state index in [0.717, 1.165) is 11.4 Å². The highest BCUT2D eigenvalue weighted by Crippen LogP contribution is 2.23. The Kier molecular flexibility index (Phi) is 15.3. The number of aliphatic hydroxyl groups is 1. The third kappa shape index (κ3) is 11.9. The third-order valence-electron chi connectivity index (χ3n) is 5.76. The fraction of sp³-hybridized carbons (Fsp3) is 0.692. The first-order valence-electron chi connectivity index (χ1n) is 13.0. The Hall–Kier alpha value is -1.86. The number of nitrogens with zero attached hydrogens (tertiary/aromatic N) is 1. The molecule has 0 unspecified atom stereocenters. The molecule has 0 saturated heterocycles. The van der Waals surface area contributed by atoms with Gasteiger partial charge in [0.15, 0.2) is 0 Å². The molecular weight excluding hydrogens is 524 g/mol. The fourth-order valence-electron chi connectivity index (χ4n) is 3.85. The Labute approximate surface area is 238 Å². The summed E-state index contributed by atoms with van der Waals surface area (Å²) < 4.78 is 0. The van der Waals surface area contributed by atoms with Crippen LogP contribution >= 0.6 is 25.3 Å². The maximum Gasteiger partial charge on any atom is 0.254 e. The number of amides is 3. The summed E-state index contributed by atoms with van der Waals surface area (Å²) in [7, 11) is 1.50. The minimum Gasteiger partial charge on any atom is -0.382 e. The smallest absolute Gasteiger partial charge is 0.254 e. The van der Waals surface area contributed by atoms with E-state index in [1.165, 1.54) is 7.05 Å². The van der Waals surface area contributed by atoms with E-state index in [9.17, 15) is 19.5 Å². The molecule has 12 heteroatoms. The Morgan fingerprint density at radius 3 is 1.89 bits per heavy atom. The van der Waals surface area contributed by atoms with E-state index in [4.69, 9.17) is 0 Å². The van der Waals surface area contributed by atoms with E-state index >= 15 is 0 Å². The van der Waals surface area contributed by atoms with Crippen LogP contribution in [-0.2, 0) is 27.5 Å². The molecule has 0 radical (unpaired) electrons. The largest absolute Gasteiger partial charge is 0.382 e. The van der Waals surface area contributed by atoms with Crippen molar-refractivity contribution >= 4 is 48.7 Å². The number of aliphatic hydroxyl groups excluding tert-OH is 1. The highest BCUT2D eigenvalue weighted by atomic mass is 32.1. The Morgan fingerprint density at radius 1 is 0.947 bits per heavy atom. The molecule has 0 aliphatic rings. The highest BCUT2D eigenvalue weighted by Gasteiger charge is 2.38. The minimum absolute atomic E-state index is 0.0243. The van der Waals surface area contributed by atoms with E-state index in [-0.39, 0.29) is 18.2 Å². The zero-order valence-corrected chi connectivity index (χ0v) is 25.2. The quantitative estimate of drug-likeness (QED) is 0.111. The summed E-state index contributed by atoms with van der Waals surface area (Å²) in [5.74, 6) is -1.26. The maximum absolute atomic E-state index is 13.3. The molecule has 0 spiro atoms. The predicted octanol–water partition coefficient (Wildman–Crippen LogP) is 1.36. The summed E-state index contributed by atoms with van der Waals surface area (Å²) in [6.45, 7) is 11.7. The number of carbonyl (C=O) groups is 3. The average molecular weight is 571 g/mol. The lowest BCUT2D eigenvalue weighted by Gasteiger charge is -2.32. The van der Waals surface area contributed by atoms with E-state index in [1.54, 1.807) is 12.1 Å². The summed E-state index contributed by atoms with van der Waals surface area (Å²) >= 11 is 8.41. The lowest BCUT2D eigenvalue weighted by atomic mass is 9.84. The van der Waals surface area contributed by atoms with Gasteiger partial charge in [-0.15, -0.1) is 0 Å². The van der Waals surface area contributed by atoms with Gasteiger partial charge in [0.1, 0.15) is 12.1 Å². The molecule has 216 valence electrons. The molecule has 6 N–H and O–H groups in total. The molecule has 3 amide bonds. The number of likely N-dealkylation sites (N-methyl/N-ethyl adjacent to an activating group) is 1. The molecule has 1 aromatic rings. The number of anilines is 1. The van der Waals surface area contributed by atoms with Crippen molar-refractivity contribution in [1.82, 2.24) is 26.3 Å². The molecule has 0 aromatic carbocycles. The number of nitrogens with one attached hydrogen (secondary N) is 5. The van der Waals surface area contributed by atoms with Crippen LogP contribution in [0.2, 0.25) is 0 Å². The maximum atomic E-state index is 13.3. The van der Waals surface area contributed by atoms with Crippen LogP contribution in [0.15, 0.2) is 12.1 Å². The zero-order valence-electron chi connectivity index (χ0n) is 23.4. The molecule has 10 nitrogen and oxygen atoms in total. The van der Waals surface area contributed by atoms with Crippen LogP contribution in [-0.4, -0.2) is 71.6 Å². The average Bonchev–Trinajstić information content (AvgIpc) is 2.84. The Morgan fingerprint density at radius 2 is 1.47 bits per heavy atom. The first-order chi connectivity index (χ1) is 17.8. The molecular formula is C26H46N6O4S2. The monoisotopic (exact) mass is 570 g/mol. The predicted molar refractivity (Wildman–Crippen MR) is 158 cm³/mol. The van der Waals surface area contributed by atoms with Crippen LogP contribution in [0.3, 0.4) is 0 Å². The van der Waals surface area contributed by atoms with Crippen molar-refractivity contribution in [1.29, 1.82) is 0 Å². The van der Waals surface area contributed by atoms with Crippen LogP contribution in [0.25, 0.3) is 0 Å². The lowest BCUT2D eigenvalue weighted by Crippen LogP contribution is -2.56. The van der Waals surface area contributed by atoms with Crippen LogP contribution in [0, 0.1) is 17.3 Å². The molecule has 1 rings (SSSR count). The SMILES string of the molecule is CNC(=O)[C@@H](NC(=O)[C@H](CC(C)C)[C@H](O)C(=O)Nc1cc(CNCCS)nc(CNCCS)c1)C(C)(C)C. The van der Waals surface area contributed by atoms with E-state index < -0.39 is 35.3 Å². The van der Waals surface area contributed by atoms with Gasteiger partial charge < -0.3 is 31.7 Å². The van der Waals surface area contributed by atoms with Gasteiger partial charge in [-0.25, -0.2) is 0 Å². The van der Waals surface area contributed by atoms with Gasteiger partial charge in [0.05, 0.1) is 17.3 Å². The summed E-state index contributed by atoms with van der Waals surface area (Å²) in [6.07, 6.45) is -1.36. The van der Waals surface area contributed by atoms with Crippen molar-refractivity contribution in [2.24, 2.45) is 17.3 Å². The van der Waals surface area contributed by atoms with Gasteiger partial charge in [0, 0.05) is 50.4 Å². The van der Waals surface area contributed by atoms with Crippen LogP contribution in [0.1, 0.15) is 52.4 Å². The van der Waals surface area contributed by atoms with Crippen molar-refractivity contribution in [3.63, 3.8) is 0 Å². The molecule has 0 aliphatic carbocycles. The van der Waals surface area contributed by atoms with Gasteiger partial charge in [-0.1, -0.05) is 34.6 Å². The van der Waals surface area contributed by atoms with Crippen LogP contribution < -0.4 is 26.6 Å². The van der Waals surface area contributed by atoms with Gasteiger partial charge in [0.2, 0.25) is 11.8 Å². The van der Waals surface area contributed by atoms with E-state index in [2.05, 4.69) is 56.8 Å². The van der Waals surface area contributed by atoms with Gasteiger partial charge in [-0.2, -0.15) is 25.3 Å². The molecule has 1 aromatic heterocycles. The topological polar surface area (TPSA) is 144 Å². The first kappa shape index (κ1) is 34.2. The number of hydrogen-bond acceptors (Lipinski definition) is 9. The molecule has 0 fully saturated rings. The van der Waals surface area contributed by atoms with Crippen LogP contribution in [0.5, 0.6) is 0 Å². The molecule has 0 saturated carbocycles. The normalized spacial score (nSPS) is 14.1. The van der Waals surface area contributed by atoms with Crippen molar-refractivity contribution in [3.8, 4) is 0 Å². The van der Waals surface area contributed by atoms with Gasteiger partial charge in [-0.05, 0) is 29.9 Å². The molecule has 3 atom stereocenters. The number of hydrogen-bond donors (Lipinski definition) is 8. The second-order valence-electron chi connectivity index (χ2n) is 10.7. The minimum atomic E-state index is -1.62. The Balaban J connectivity index is 3.15. The van der Waals surface area contributed by atoms with Crippen molar-refractivity contribution in [2.45, 2.75) is 66.3 Å². The number of rotatable bonds is 16. The summed E-state index contributed by atoms with van der Waals surface area (Å²) in [4.78, 5) is 43.5. The van der Waals surface area contributed by atoms with Crippen molar-refractivity contribution in [2.75, 3.05) is 37.0 Å². The highest BCUT2D eigenvalue weighted by molar-refractivity contribution is 7.80. The molecule has 0 bridgehead atoms. The van der Waals surface area contributed by atoms with Crippen molar-refractivity contribution < 1.29 is 19.5 Å². The van der Waals surface area contributed by atoms with Crippen molar-refractivity contribution in [3.05, 3.63) is 23.5 Å². The van der Waals surface area contributed by atoms with E-state index in [0.29, 0.717) is 43.4 Å². The third-order valence-corrected chi connectivity index (χ3v) is 6.21. The second-order valence-corrected chi connectivity index (χ2v) is 11.6. The molecule has 1 heterocycles. The fourth-order valence-corrected chi connectivity index (χ4v) is 4.17. The standard InChI is InChI=1S/C26H46N6O4S2/c1-16(2)11-20(23(34)32-22(25(36)27-6)26(3,4)5)21(33)24(35)31-17-12-18(14-28-7-9-37)30-19(13-17)15-29-8-10-38/h12-13,16,20-22,28-29,33,37-38H,7-11,14-15H2,1-6H3,(H,27,36)(H,32,34)(H,30,31,35)/t20-,21+,22-/m1/s1. The van der Waals surface area contributed by atoms with E-state index in [1.807, 2.05) is 34.6 Å².